The van der Waals surface area contributed by atoms with Gasteiger partial charge in [0.1, 0.15) is 17.6 Å². The number of aromatic nitrogens is 4. The number of aryl methyl sites for hydroxylation is 1. The van der Waals surface area contributed by atoms with Crippen LogP contribution in [0.5, 0.6) is 0 Å². The molecule has 0 radical (unpaired) electrons. The molecular formula is C25H31F2N7O3. The molecule has 37 heavy (non-hydrogen) atoms. The number of carbonyl (C=O) groups excluding carboxylic acids is 1. The van der Waals surface area contributed by atoms with Crippen LogP contribution in [0.25, 0.3) is 11.3 Å². The Morgan fingerprint density at radius 3 is 2.73 bits per heavy atom. The Kier molecular flexibility index (Phi) is 7.22. The topological polar surface area (TPSA) is 98.5 Å². The van der Waals surface area contributed by atoms with Crippen molar-refractivity contribution in [1.82, 2.24) is 29.9 Å². The normalized spacial score (nSPS) is 20.2. The van der Waals surface area contributed by atoms with Gasteiger partial charge in [0.25, 0.3) is 0 Å². The van der Waals surface area contributed by atoms with Crippen LogP contribution in [0.2, 0.25) is 0 Å². The predicted molar refractivity (Wildman–Crippen MR) is 132 cm³/mol. The molecule has 0 bridgehead atoms. The number of rotatable bonds is 8. The van der Waals surface area contributed by atoms with E-state index in [0.717, 1.165) is 48.2 Å². The number of anilines is 1. The minimum atomic E-state index is -0.970. The minimum Gasteiger partial charge on any atom is -0.383 e. The molecule has 2 atom stereocenters. The number of urea groups is 1. The summed E-state index contributed by atoms with van der Waals surface area (Å²) in [5.74, 6) is -1.28. The fraction of sp³-hybridized carbons (Fsp3) is 0.480. The summed E-state index contributed by atoms with van der Waals surface area (Å²) in [6.07, 6.45) is 6.05. The van der Waals surface area contributed by atoms with Crippen LogP contribution in [0, 0.1) is 18.6 Å². The fourth-order valence-corrected chi connectivity index (χ4v) is 4.73. The van der Waals surface area contributed by atoms with Crippen molar-refractivity contribution in [1.29, 1.82) is 0 Å². The maximum Gasteiger partial charge on any atom is 0.320 e. The van der Waals surface area contributed by atoms with E-state index < -0.39 is 29.8 Å². The summed E-state index contributed by atoms with van der Waals surface area (Å²) < 4.78 is 36.3. The van der Waals surface area contributed by atoms with Gasteiger partial charge < -0.3 is 10.1 Å². The molecular weight excluding hydrogens is 484 g/mol. The fourth-order valence-electron chi connectivity index (χ4n) is 4.73. The molecule has 2 fully saturated rings. The zero-order chi connectivity index (χ0) is 26.1. The summed E-state index contributed by atoms with van der Waals surface area (Å²) in [5.41, 5.74) is 2.91. The number of hydrogen-bond donors (Lipinski definition) is 2. The molecule has 0 spiro atoms. The van der Waals surface area contributed by atoms with E-state index in [1.54, 1.807) is 23.1 Å². The summed E-state index contributed by atoms with van der Waals surface area (Å²) in [5, 5.41) is 16.7. The summed E-state index contributed by atoms with van der Waals surface area (Å²) in [4.78, 5) is 19.2. The molecule has 2 aliphatic rings. The van der Waals surface area contributed by atoms with Crippen LogP contribution in [-0.4, -0.2) is 63.5 Å². The molecule has 10 nitrogen and oxygen atoms in total. The molecule has 1 aliphatic carbocycles. The maximum atomic E-state index is 14.0. The van der Waals surface area contributed by atoms with Crippen LogP contribution < -0.4 is 10.6 Å². The molecule has 2 aromatic heterocycles. The van der Waals surface area contributed by atoms with E-state index in [9.17, 15) is 13.6 Å². The van der Waals surface area contributed by atoms with Gasteiger partial charge >= 0.3 is 6.03 Å². The number of methoxy groups -OCH3 is 1. The monoisotopic (exact) mass is 515 g/mol. The number of amides is 2. The highest BCUT2D eigenvalue weighted by Gasteiger charge is 2.37. The molecule has 2 N–H and O–H groups in total. The molecule has 1 aliphatic heterocycles. The third kappa shape index (κ3) is 5.22. The van der Waals surface area contributed by atoms with E-state index in [0.29, 0.717) is 31.1 Å². The Morgan fingerprint density at radius 2 is 2.08 bits per heavy atom. The van der Waals surface area contributed by atoms with Gasteiger partial charge in [-0.2, -0.15) is 15.3 Å². The summed E-state index contributed by atoms with van der Waals surface area (Å²) in [6.45, 7) is 3.15. The summed E-state index contributed by atoms with van der Waals surface area (Å²) in [6, 6.07) is 2.89. The van der Waals surface area contributed by atoms with Crippen molar-refractivity contribution in [2.75, 3.05) is 32.1 Å². The largest absolute Gasteiger partial charge is 0.383 e. The Bertz CT molecular complexity index is 1270. The number of nitrogens with zero attached hydrogens (tertiary/aromatic N) is 5. The molecule has 0 unspecified atom stereocenters. The Labute approximate surface area is 213 Å². The first kappa shape index (κ1) is 25.3. The van der Waals surface area contributed by atoms with Crippen molar-refractivity contribution in [2.45, 2.75) is 44.4 Å². The van der Waals surface area contributed by atoms with Gasteiger partial charge in [0, 0.05) is 44.6 Å². The third-order valence-electron chi connectivity index (χ3n) is 6.94. The van der Waals surface area contributed by atoms with Gasteiger partial charge in [0.2, 0.25) is 0 Å². The molecule has 1 aromatic carbocycles. The van der Waals surface area contributed by atoms with Crippen molar-refractivity contribution in [2.24, 2.45) is 7.05 Å². The number of carbonyl (C=O) groups is 1. The van der Waals surface area contributed by atoms with E-state index in [1.165, 1.54) is 6.07 Å². The second-order valence-corrected chi connectivity index (χ2v) is 9.54. The van der Waals surface area contributed by atoms with Crippen LogP contribution >= 0.6 is 0 Å². The summed E-state index contributed by atoms with van der Waals surface area (Å²) >= 11 is 0. The standard InChI is InChI=1S/C25H31F2N7O3/c1-15-22(17-12-28-32(2)13-17)31-34(18-5-4-6-18)24(15)30-25(35)29-21-14-33(9-10-36-3)37-23(21)16-7-8-19(26)20(27)11-16/h7-8,11-13,18,21,23H,4-6,9-10,14H2,1-3H3,(H2,29,30,35)/t21-,23+/m1/s1. The number of hydrogen-bond acceptors (Lipinski definition) is 6. The van der Waals surface area contributed by atoms with Gasteiger partial charge in [-0.1, -0.05) is 6.07 Å². The molecule has 1 saturated carbocycles. The molecule has 198 valence electrons. The number of halogens is 2. The van der Waals surface area contributed by atoms with Gasteiger partial charge in [-0.3, -0.25) is 14.8 Å². The van der Waals surface area contributed by atoms with Crippen molar-refractivity contribution in [3.8, 4) is 11.3 Å². The molecule has 12 heteroatoms. The lowest BCUT2D eigenvalue weighted by Gasteiger charge is -2.28. The highest BCUT2D eigenvalue weighted by Crippen LogP contribution is 2.38. The van der Waals surface area contributed by atoms with Crippen LogP contribution in [-0.2, 0) is 16.6 Å². The molecule has 3 heterocycles. The average Bonchev–Trinajstić information content (AvgIpc) is 3.52. The Morgan fingerprint density at radius 1 is 1.27 bits per heavy atom. The first-order valence-corrected chi connectivity index (χ1v) is 12.3. The smallest absolute Gasteiger partial charge is 0.320 e. The molecule has 2 amide bonds. The maximum absolute atomic E-state index is 14.0. The molecule has 3 aromatic rings. The molecule has 1 saturated heterocycles. The number of ether oxygens (including phenoxy) is 1. The van der Waals surface area contributed by atoms with E-state index in [-0.39, 0.29) is 6.04 Å². The average molecular weight is 516 g/mol. The minimum absolute atomic E-state index is 0.216. The van der Waals surface area contributed by atoms with E-state index in [4.69, 9.17) is 14.7 Å². The van der Waals surface area contributed by atoms with E-state index in [2.05, 4.69) is 15.7 Å². The van der Waals surface area contributed by atoms with E-state index >= 15 is 0 Å². The van der Waals surface area contributed by atoms with Gasteiger partial charge in [-0.15, -0.1) is 0 Å². The highest BCUT2D eigenvalue weighted by molar-refractivity contribution is 5.90. The van der Waals surface area contributed by atoms with Crippen LogP contribution in [0.1, 0.15) is 42.5 Å². The quantitative estimate of drug-likeness (QED) is 0.475. The third-order valence-corrected chi connectivity index (χ3v) is 6.94. The van der Waals surface area contributed by atoms with Gasteiger partial charge in [-0.05, 0) is 43.9 Å². The molecule has 5 rings (SSSR count). The van der Waals surface area contributed by atoms with Gasteiger partial charge in [0.05, 0.1) is 24.9 Å². The van der Waals surface area contributed by atoms with Gasteiger partial charge in [-0.25, -0.2) is 18.3 Å². The zero-order valence-corrected chi connectivity index (χ0v) is 21.1. The number of nitrogens with one attached hydrogen (secondary N) is 2. The van der Waals surface area contributed by atoms with Crippen LogP contribution in [0.15, 0.2) is 30.6 Å². The first-order valence-electron chi connectivity index (χ1n) is 12.3. The van der Waals surface area contributed by atoms with Crippen molar-refractivity contribution in [3.05, 3.63) is 53.4 Å². The van der Waals surface area contributed by atoms with Gasteiger partial charge in [0.15, 0.2) is 11.6 Å². The van der Waals surface area contributed by atoms with Crippen molar-refractivity contribution < 1.29 is 23.1 Å². The lowest BCUT2D eigenvalue weighted by atomic mass is 9.93. The lowest BCUT2D eigenvalue weighted by molar-refractivity contribution is -0.154. The second kappa shape index (κ2) is 10.6. The Hall–Kier alpha value is -3.35. The van der Waals surface area contributed by atoms with Crippen molar-refractivity contribution in [3.63, 3.8) is 0 Å². The summed E-state index contributed by atoms with van der Waals surface area (Å²) in [7, 11) is 3.43. The number of hydroxylamine groups is 2. The highest BCUT2D eigenvalue weighted by atomic mass is 19.2. The lowest BCUT2D eigenvalue weighted by Crippen LogP contribution is -2.43. The zero-order valence-electron chi connectivity index (χ0n) is 21.1. The Balaban J connectivity index is 1.37. The second-order valence-electron chi connectivity index (χ2n) is 9.54. The SMILES string of the molecule is COCCN1C[C@@H](NC(=O)Nc2c(C)c(-c3cnn(C)c3)nn2C2CCC2)[C@H](c2ccc(F)c(F)c2)O1. The van der Waals surface area contributed by atoms with Crippen LogP contribution in [0.4, 0.5) is 19.4 Å². The van der Waals surface area contributed by atoms with E-state index in [1.807, 2.05) is 24.9 Å². The van der Waals surface area contributed by atoms with Crippen LogP contribution in [0.3, 0.4) is 0 Å². The van der Waals surface area contributed by atoms with Crippen molar-refractivity contribution >= 4 is 11.8 Å². The first-order chi connectivity index (χ1) is 17.8. The predicted octanol–water partition coefficient (Wildman–Crippen LogP) is 3.72. The number of benzene rings is 1.